The summed E-state index contributed by atoms with van der Waals surface area (Å²) in [6, 6.07) is 5.97. The highest BCUT2D eigenvalue weighted by molar-refractivity contribution is 7.90. The fourth-order valence-electron chi connectivity index (χ4n) is 1.27. The summed E-state index contributed by atoms with van der Waals surface area (Å²) in [6.07, 6.45) is 4.92. The van der Waals surface area contributed by atoms with Crippen LogP contribution < -0.4 is 0 Å². The van der Waals surface area contributed by atoms with Crippen molar-refractivity contribution in [3.8, 4) is 12.3 Å². The number of hydrogen-bond acceptors (Lipinski definition) is 3. The molecular weight excluding hydrogens is 228 g/mol. The average Bonchev–Trinajstić information content (AvgIpc) is 2.17. The molecular formula is C11H10O4S. The second-order valence-corrected chi connectivity index (χ2v) is 5.26. The highest BCUT2D eigenvalue weighted by atomic mass is 32.2. The number of benzene rings is 1. The summed E-state index contributed by atoms with van der Waals surface area (Å²) in [5.74, 6) is 0.159. The molecule has 0 unspecified atom stereocenters. The third kappa shape index (κ3) is 3.11. The Morgan fingerprint density at radius 2 is 2.00 bits per heavy atom. The fraction of sp³-hybridized carbons (Fsp3) is 0.182. The van der Waals surface area contributed by atoms with Gasteiger partial charge in [0.2, 0.25) is 0 Å². The van der Waals surface area contributed by atoms with Crippen LogP contribution in [0.5, 0.6) is 0 Å². The highest BCUT2D eigenvalue weighted by Gasteiger charge is 2.16. The van der Waals surface area contributed by atoms with Crippen LogP contribution in [-0.2, 0) is 15.6 Å². The van der Waals surface area contributed by atoms with Gasteiger partial charge in [0.15, 0.2) is 9.84 Å². The van der Waals surface area contributed by atoms with Gasteiger partial charge in [0.25, 0.3) is 0 Å². The standard InChI is InChI=1S/C11H10O4S/c1-2-7-16(14,15)8-9-5-3-4-6-10(9)11(12)13/h1,3-6H,7-8H2,(H,12,13). The minimum absolute atomic E-state index is 0.0110. The van der Waals surface area contributed by atoms with E-state index in [2.05, 4.69) is 0 Å². The van der Waals surface area contributed by atoms with Crippen molar-refractivity contribution >= 4 is 15.8 Å². The van der Waals surface area contributed by atoms with E-state index >= 15 is 0 Å². The molecule has 0 spiro atoms. The number of carboxylic acid groups (broad SMARTS) is 1. The molecule has 0 radical (unpaired) electrons. The lowest BCUT2D eigenvalue weighted by atomic mass is 10.1. The SMILES string of the molecule is C#CCS(=O)(=O)Cc1ccccc1C(=O)O. The Labute approximate surface area is 93.8 Å². The van der Waals surface area contributed by atoms with Gasteiger partial charge in [-0.3, -0.25) is 0 Å². The third-order valence-corrected chi connectivity index (χ3v) is 3.28. The van der Waals surface area contributed by atoms with E-state index in [1.807, 2.05) is 5.92 Å². The monoisotopic (exact) mass is 238 g/mol. The molecule has 0 aromatic heterocycles. The smallest absolute Gasteiger partial charge is 0.335 e. The maximum Gasteiger partial charge on any atom is 0.335 e. The molecule has 0 atom stereocenters. The van der Waals surface area contributed by atoms with Crippen molar-refractivity contribution in [1.82, 2.24) is 0 Å². The largest absolute Gasteiger partial charge is 0.478 e. The maximum atomic E-state index is 11.4. The quantitative estimate of drug-likeness (QED) is 0.792. The van der Waals surface area contributed by atoms with E-state index in [1.165, 1.54) is 12.1 Å². The zero-order valence-corrected chi connectivity index (χ0v) is 9.20. The number of carbonyl (C=O) groups is 1. The summed E-state index contributed by atoms with van der Waals surface area (Å²) < 4.78 is 22.9. The molecule has 0 amide bonds. The van der Waals surface area contributed by atoms with Gasteiger partial charge < -0.3 is 5.11 Å². The lowest BCUT2D eigenvalue weighted by molar-refractivity contribution is 0.0696. The molecule has 1 aromatic rings. The number of aromatic carboxylic acids is 1. The first kappa shape index (κ1) is 12.3. The molecule has 1 rings (SSSR count). The van der Waals surface area contributed by atoms with E-state index in [9.17, 15) is 13.2 Å². The molecule has 0 saturated heterocycles. The number of terminal acetylenes is 1. The molecule has 1 N–H and O–H groups in total. The van der Waals surface area contributed by atoms with E-state index < -0.39 is 15.8 Å². The molecule has 0 bridgehead atoms. The first-order valence-electron chi connectivity index (χ1n) is 4.41. The summed E-state index contributed by atoms with van der Waals surface area (Å²) in [7, 11) is -3.44. The van der Waals surface area contributed by atoms with Gasteiger partial charge in [-0.15, -0.1) is 6.42 Å². The summed E-state index contributed by atoms with van der Waals surface area (Å²) in [4.78, 5) is 10.8. The van der Waals surface area contributed by atoms with Crippen LogP contribution in [0.4, 0.5) is 0 Å². The van der Waals surface area contributed by atoms with Crippen LogP contribution in [0, 0.1) is 12.3 Å². The Hall–Kier alpha value is -1.80. The second kappa shape index (κ2) is 4.81. The molecule has 0 fully saturated rings. The molecule has 1 aromatic carbocycles. The van der Waals surface area contributed by atoms with Crippen LogP contribution in [0.2, 0.25) is 0 Å². The summed E-state index contributed by atoms with van der Waals surface area (Å²) in [5.41, 5.74) is 0.244. The van der Waals surface area contributed by atoms with Crippen LogP contribution in [0.15, 0.2) is 24.3 Å². The van der Waals surface area contributed by atoms with Crippen LogP contribution in [-0.4, -0.2) is 25.2 Å². The fourth-order valence-corrected chi connectivity index (χ4v) is 2.35. The van der Waals surface area contributed by atoms with E-state index in [-0.39, 0.29) is 22.6 Å². The number of sulfone groups is 1. The highest BCUT2D eigenvalue weighted by Crippen LogP contribution is 2.12. The Balaban J connectivity index is 3.08. The van der Waals surface area contributed by atoms with Crippen molar-refractivity contribution in [1.29, 1.82) is 0 Å². The van der Waals surface area contributed by atoms with E-state index in [4.69, 9.17) is 11.5 Å². The van der Waals surface area contributed by atoms with E-state index in [0.29, 0.717) is 0 Å². The number of carboxylic acids is 1. The lowest BCUT2D eigenvalue weighted by Crippen LogP contribution is -2.11. The van der Waals surface area contributed by atoms with Crippen LogP contribution in [0.1, 0.15) is 15.9 Å². The minimum atomic E-state index is -3.44. The van der Waals surface area contributed by atoms with Crippen molar-refractivity contribution in [3.63, 3.8) is 0 Å². The van der Waals surface area contributed by atoms with Crippen molar-refractivity contribution in [2.24, 2.45) is 0 Å². The number of hydrogen-bond donors (Lipinski definition) is 1. The Bertz CT molecular complexity index is 537. The van der Waals surface area contributed by atoms with Crippen LogP contribution in [0.25, 0.3) is 0 Å². The Morgan fingerprint density at radius 1 is 1.38 bits per heavy atom. The molecule has 4 nitrogen and oxygen atoms in total. The molecule has 0 aliphatic carbocycles. The first-order chi connectivity index (χ1) is 7.46. The zero-order valence-electron chi connectivity index (χ0n) is 8.38. The van der Waals surface area contributed by atoms with Gasteiger partial charge >= 0.3 is 5.97 Å². The second-order valence-electron chi connectivity index (χ2n) is 3.20. The van der Waals surface area contributed by atoms with Gasteiger partial charge in [-0.2, -0.15) is 0 Å². The topological polar surface area (TPSA) is 71.4 Å². The average molecular weight is 238 g/mol. The van der Waals surface area contributed by atoms with Gasteiger partial charge in [-0.1, -0.05) is 24.1 Å². The molecule has 5 heteroatoms. The van der Waals surface area contributed by atoms with Gasteiger partial charge in [0, 0.05) is 0 Å². The van der Waals surface area contributed by atoms with Crippen molar-refractivity contribution < 1.29 is 18.3 Å². The third-order valence-electron chi connectivity index (χ3n) is 1.93. The molecule has 0 heterocycles. The molecule has 0 saturated carbocycles. The summed E-state index contributed by atoms with van der Waals surface area (Å²) in [5, 5.41) is 8.86. The normalized spacial score (nSPS) is 10.7. The van der Waals surface area contributed by atoms with E-state index in [0.717, 1.165) is 0 Å². The maximum absolute atomic E-state index is 11.4. The molecule has 0 aliphatic rings. The van der Waals surface area contributed by atoms with Gasteiger partial charge in [-0.05, 0) is 11.6 Å². The Morgan fingerprint density at radius 3 is 2.56 bits per heavy atom. The van der Waals surface area contributed by atoms with Gasteiger partial charge in [0.1, 0.15) is 5.75 Å². The summed E-state index contributed by atoms with van der Waals surface area (Å²) in [6.45, 7) is 0. The van der Waals surface area contributed by atoms with Crippen molar-refractivity contribution in [2.45, 2.75) is 5.75 Å². The van der Waals surface area contributed by atoms with Gasteiger partial charge in [-0.25, -0.2) is 13.2 Å². The predicted octanol–water partition coefficient (Wildman–Crippen LogP) is 0.933. The predicted molar refractivity (Wildman–Crippen MR) is 59.7 cm³/mol. The number of rotatable bonds is 4. The zero-order chi connectivity index (χ0) is 12.2. The lowest BCUT2D eigenvalue weighted by Gasteiger charge is -2.04. The molecule has 16 heavy (non-hydrogen) atoms. The van der Waals surface area contributed by atoms with Crippen LogP contribution in [0.3, 0.4) is 0 Å². The molecule has 0 aliphatic heterocycles. The van der Waals surface area contributed by atoms with Crippen LogP contribution >= 0.6 is 0 Å². The van der Waals surface area contributed by atoms with Gasteiger partial charge in [0.05, 0.1) is 11.3 Å². The first-order valence-corrected chi connectivity index (χ1v) is 6.23. The minimum Gasteiger partial charge on any atom is -0.478 e. The Kier molecular flexibility index (Phi) is 3.69. The summed E-state index contributed by atoms with van der Waals surface area (Å²) >= 11 is 0. The van der Waals surface area contributed by atoms with Crippen molar-refractivity contribution in [3.05, 3.63) is 35.4 Å². The molecule has 84 valence electrons. The van der Waals surface area contributed by atoms with E-state index in [1.54, 1.807) is 12.1 Å². The van der Waals surface area contributed by atoms with Crippen molar-refractivity contribution in [2.75, 3.05) is 5.75 Å².